The van der Waals surface area contributed by atoms with Gasteiger partial charge in [-0.3, -0.25) is 4.79 Å². The normalized spacial score (nSPS) is 16.4. The summed E-state index contributed by atoms with van der Waals surface area (Å²) in [6.07, 6.45) is 5.74. The summed E-state index contributed by atoms with van der Waals surface area (Å²) in [5.41, 5.74) is 8.15. The largest absolute Gasteiger partial charge is 0.399 e. The van der Waals surface area contributed by atoms with Crippen LogP contribution in [0.1, 0.15) is 43.2 Å². The van der Waals surface area contributed by atoms with Crippen molar-refractivity contribution in [2.24, 2.45) is 0 Å². The van der Waals surface area contributed by atoms with Crippen molar-refractivity contribution in [2.75, 3.05) is 12.3 Å². The number of amides is 1. The van der Waals surface area contributed by atoms with Crippen LogP contribution in [0.2, 0.25) is 0 Å². The number of carbonyl (C=O) groups is 1. The molecule has 1 saturated carbocycles. The number of nitrogens with one attached hydrogen (secondary N) is 1. The van der Waals surface area contributed by atoms with Crippen molar-refractivity contribution in [1.82, 2.24) is 5.32 Å². The van der Waals surface area contributed by atoms with Gasteiger partial charge in [0.25, 0.3) is 0 Å². The minimum Gasteiger partial charge on any atom is -0.399 e. The smallest absolute Gasteiger partial charge is 0.224 e. The molecule has 0 radical (unpaired) electrons. The van der Waals surface area contributed by atoms with Crippen molar-refractivity contribution in [1.29, 1.82) is 0 Å². The van der Waals surface area contributed by atoms with E-state index in [9.17, 15) is 9.18 Å². The molecule has 0 saturated heterocycles. The highest BCUT2D eigenvalue weighted by atomic mass is 19.1. The van der Waals surface area contributed by atoms with Gasteiger partial charge in [-0.25, -0.2) is 4.39 Å². The molecule has 0 spiro atoms. The van der Waals surface area contributed by atoms with E-state index < -0.39 is 0 Å². The second-order valence-corrected chi connectivity index (χ2v) is 7.05. The molecule has 25 heavy (non-hydrogen) atoms. The Morgan fingerprint density at radius 3 is 2.48 bits per heavy atom. The maximum atomic E-state index is 13.7. The Labute approximate surface area is 148 Å². The first-order chi connectivity index (χ1) is 12.1. The topological polar surface area (TPSA) is 55.1 Å². The number of nitrogen functional groups attached to an aromatic ring is 1. The van der Waals surface area contributed by atoms with E-state index >= 15 is 0 Å². The highest BCUT2D eigenvalue weighted by molar-refractivity contribution is 5.78. The quantitative estimate of drug-likeness (QED) is 0.809. The van der Waals surface area contributed by atoms with Gasteiger partial charge in [-0.1, -0.05) is 43.5 Å². The van der Waals surface area contributed by atoms with E-state index in [-0.39, 0.29) is 17.1 Å². The number of rotatable bonds is 5. The Bertz CT molecular complexity index is 721. The van der Waals surface area contributed by atoms with E-state index in [2.05, 4.69) is 5.32 Å². The molecule has 0 aliphatic heterocycles. The first kappa shape index (κ1) is 17.5. The van der Waals surface area contributed by atoms with Crippen LogP contribution in [0.15, 0.2) is 48.5 Å². The van der Waals surface area contributed by atoms with Gasteiger partial charge in [0, 0.05) is 17.6 Å². The lowest BCUT2D eigenvalue weighted by Crippen LogP contribution is -2.42. The lowest BCUT2D eigenvalue weighted by Gasteiger charge is -2.38. The molecule has 1 amide bonds. The van der Waals surface area contributed by atoms with Crippen molar-refractivity contribution in [3.63, 3.8) is 0 Å². The van der Waals surface area contributed by atoms with Gasteiger partial charge in [0.05, 0.1) is 6.42 Å². The molecule has 3 rings (SSSR count). The number of carbonyl (C=O) groups excluding carboxylic acids is 1. The van der Waals surface area contributed by atoms with Crippen LogP contribution in [0, 0.1) is 5.82 Å². The number of hydrogen-bond acceptors (Lipinski definition) is 2. The van der Waals surface area contributed by atoms with Gasteiger partial charge in [-0.15, -0.1) is 0 Å². The summed E-state index contributed by atoms with van der Waals surface area (Å²) in [6, 6.07) is 14.2. The molecule has 0 atom stereocenters. The zero-order valence-corrected chi connectivity index (χ0v) is 14.4. The van der Waals surface area contributed by atoms with Gasteiger partial charge in [-0.05, 0) is 48.2 Å². The number of halogens is 1. The highest BCUT2D eigenvalue weighted by Gasteiger charge is 2.34. The van der Waals surface area contributed by atoms with Crippen molar-refractivity contribution in [3.8, 4) is 0 Å². The number of nitrogens with two attached hydrogens (primary N) is 1. The van der Waals surface area contributed by atoms with E-state index in [0.717, 1.165) is 36.8 Å². The zero-order valence-electron chi connectivity index (χ0n) is 14.4. The zero-order chi connectivity index (χ0) is 17.7. The molecule has 0 aromatic heterocycles. The molecule has 3 N–H and O–H groups in total. The number of benzene rings is 2. The molecule has 0 bridgehead atoms. The van der Waals surface area contributed by atoms with Crippen molar-refractivity contribution >= 4 is 11.6 Å². The van der Waals surface area contributed by atoms with Crippen LogP contribution in [-0.2, 0) is 16.6 Å². The molecule has 132 valence electrons. The Kier molecular flexibility index (Phi) is 5.37. The summed E-state index contributed by atoms with van der Waals surface area (Å²) in [5.74, 6) is -0.221. The van der Waals surface area contributed by atoms with E-state index in [1.807, 2.05) is 18.2 Å². The Hall–Kier alpha value is -2.36. The summed E-state index contributed by atoms with van der Waals surface area (Å²) in [4.78, 5) is 12.4. The average molecular weight is 340 g/mol. The Balaban J connectivity index is 1.68. The molecular formula is C21H25FN2O. The second-order valence-electron chi connectivity index (χ2n) is 7.05. The third-order valence-electron chi connectivity index (χ3n) is 5.22. The average Bonchev–Trinajstić information content (AvgIpc) is 2.63. The number of anilines is 1. The Morgan fingerprint density at radius 1 is 1.08 bits per heavy atom. The molecule has 2 aromatic rings. The first-order valence-electron chi connectivity index (χ1n) is 8.95. The Morgan fingerprint density at radius 2 is 1.80 bits per heavy atom. The molecule has 4 heteroatoms. The van der Waals surface area contributed by atoms with E-state index in [0.29, 0.717) is 18.7 Å². The van der Waals surface area contributed by atoms with Crippen molar-refractivity contribution in [3.05, 3.63) is 65.5 Å². The van der Waals surface area contributed by atoms with Gasteiger partial charge in [0.1, 0.15) is 5.82 Å². The molecule has 0 unspecified atom stereocenters. The molecule has 3 nitrogen and oxygen atoms in total. The van der Waals surface area contributed by atoms with Gasteiger partial charge < -0.3 is 11.1 Å². The van der Waals surface area contributed by atoms with E-state index in [1.165, 1.54) is 12.5 Å². The van der Waals surface area contributed by atoms with Gasteiger partial charge in [-0.2, -0.15) is 0 Å². The molecule has 1 aliphatic rings. The van der Waals surface area contributed by atoms with Crippen LogP contribution in [0.5, 0.6) is 0 Å². The maximum Gasteiger partial charge on any atom is 0.224 e. The van der Waals surface area contributed by atoms with Crippen LogP contribution in [0.25, 0.3) is 0 Å². The third-order valence-corrected chi connectivity index (χ3v) is 5.22. The van der Waals surface area contributed by atoms with E-state index in [4.69, 9.17) is 5.73 Å². The summed E-state index contributed by atoms with van der Waals surface area (Å²) >= 11 is 0. The van der Waals surface area contributed by atoms with E-state index in [1.54, 1.807) is 24.3 Å². The van der Waals surface area contributed by atoms with Crippen molar-refractivity contribution < 1.29 is 9.18 Å². The van der Waals surface area contributed by atoms with Crippen LogP contribution in [0.3, 0.4) is 0 Å². The summed E-state index contributed by atoms with van der Waals surface area (Å²) in [7, 11) is 0. The van der Waals surface area contributed by atoms with Crippen LogP contribution in [0.4, 0.5) is 10.1 Å². The monoisotopic (exact) mass is 340 g/mol. The minimum atomic E-state index is -0.212. The molecule has 1 fully saturated rings. The maximum absolute atomic E-state index is 13.7. The molecular weight excluding hydrogens is 315 g/mol. The fourth-order valence-electron chi connectivity index (χ4n) is 3.77. The summed E-state index contributed by atoms with van der Waals surface area (Å²) < 4.78 is 13.7. The fraction of sp³-hybridized carbons (Fsp3) is 0.381. The van der Waals surface area contributed by atoms with Crippen LogP contribution >= 0.6 is 0 Å². The summed E-state index contributed by atoms with van der Waals surface area (Å²) in [6.45, 7) is 0.560. The molecule has 2 aromatic carbocycles. The standard InChI is InChI=1S/C21H25FN2O/c22-18-6-4-5-17(14-18)21(11-2-1-3-12-21)15-24-20(25)13-16-7-9-19(23)10-8-16/h4-10,14H,1-3,11-13,15,23H2,(H,24,25). The fourth-order valence-corrected chi connectivity index (χ4v) is 3.77. The van der Waals surface area contributed by atoms with Gasteiger partial charge >= 0.3 is 0 Å². The molecule has 1 aliphatic carbocycles. The van der Waals surface area contributed by atoms with Crippen LogP contribution < -0.4 is 11.1 Å². The predicted molar refractivity (Wildman–Crippen MR) is 98.7 cm³/mol. The lowest BCUT2D eigenvalue weighted by atomic mass is 9.69. The first-order valence-corrected chi connectivity index (χ1v) is 8.95. The minimum absolute atomic E-state index is 0.00822. The SMILES string of the molecule is Nc1ccc(CC(=O)NCC2(c3cccc(F)c3)CCCCC2)cc1. The van der Waals surface area contributed by atoms with Crippen LogP contribution in [-0.4, -0.2) is 12.5 Å². The van der Waals surface area contributed by atoms with Gasteiger partial charge in [0.15, 0.2) is 0 Å². The second kappa shape index (κ2) is 7.68. The highest BCUT2D eigenvalue weighted by Crippen LogP contribution is 2.39. The third kappa shape index (κ3) is 4.38. The molecule has 0 heterocycles. The summed E-state index contributed by atoms with van der Waals surface area (Å²) in [5, 5.41) is 3.08. The predicted octanol–water partition coefficient (Wildman–Crippen LogP) is 3.97. The number of hydrogen-bond donors (Lipinski definition) is 2. The van der Waals surface area contributed by atoms with Gasteiger partial charge in [0.2, 0.25) is 5.91 Å². The lowest BCUT2D eigenvalue weighted by molar-refractivity contribution is -0.120. The van der Waals surface area contributed by atoms with Crippen molar-refractivity contribution in [2.45, 2.75) is 43.9 Å².